The Morgan fingerprint density at radius 2 is 1.45 bits per heavy atom. The number of imidazole rings is 2. The molecule has 2 aromatic carbocycles. The second-order valence-corrected chi connectivity index (χ2v) is 15.3. The number of fused-ring (bicyclic) bond motifs is 4. The van der Waals surface area contributed by atoms with Crippen LogP contribution in [0.5, 0.6) is 0 Å². The minimum absolute atomic E-state index is 0. The summed E-state index contributed by atoms with van der Waals surface area (Å²) in [6.07, 6.45) is 5.67. The molecule has 0 saturated carbocycles. The first kappa shape index (κ1) is 46.5. The molecule has 0 radical (unpaired) electrons. The third-order valence-electron chi connectivity index (χ3n) is 10.3. The average molecular weight is 856 g/mol. The van der Waals surface area contributed by atoms with Gasteiger partial charge < -0.3 is 39.1 Å². The molecule has 2 fully saturated rings. The number of aromatic amines is 2. The molecule has 3 N–H and O–H groups in total. The smallest absolute Gasteiger partial charge is 0.410 e. The Bertz CT molecular complexity index is 1970. The van der Waals surface area contributed by atoms with Crippen LogP contribution in [0.25, 0.3) is 33.6 Å². The summed E-state index contributed by atoms with van der Waals surface area (Å²) in [5.41, 5.74) is 6.32. The Labute approximate surface area is 360 Å². The normalized spacial score (nSPS) is 20.0. The van der Waals surface area contributed by atoms with Crippen LogP contribution in [-0.2, 0) is 30.2 Å². The van der Waals surface area contributed by atoms with Crippen molar-refractivity contribution in [1.82, 2.24) is 35.1 Å². The maximum Gasteiger partial charge on any atom is 0.410 e. The van der Waals surface area contributed by atoms with Crippen LogP contribution in [0, 0.1) is 0 Å². The van der Waals surface area contributed by atoms with Crippen molar-refractivity contribution in [3.63, 3.8) is 0 Å². The van der Waals surface area contributed by atoms with Crippen LogP contribution in [0.3, 0.4) is 0 Å². The zero-order valence-electron chi connectivity index (χ0n) is 33.6. The van der Waals surface area contributed by atoms with Gasteiger partial charge in [0.25, 0.3) is 0 Å². The summed E-state index contributed by atoms with van der Waals surface area (Å²) in [4.78, 5) is 59.1. The van der Waals surface area contributed by atoms with E-state index in [1.165, 1.54) is 7.11 Å². The van der Waals surface area contributed by atoms with Gasteiger partial charge in [0, 0.05) is 31.0 Å². The van der Waals surface area contributed by atoms with Gasteiger partial charge >= 0.3 is 12.2 Å². The van der Waals surface area contributed by atoms with E-state index in [1.54, 1.807) is 9.80 Å². The van der Waals surface area contributed by atoms with E-state index in [-0.39, 0.29) is 71.2 Å². The summed E-state index contributed by atoms with van der Waals surface area (Å²) >= 11 is 0. The molecule has 3 aliphatic rings. The molecule has 17 heteroatoms. The van der Waals surface area contributed by atoms with E-state index in [9.17, 15) is 14.4 Å². The number of nitrogens with zero attached hydrogens (tertiary/aromatic N) is 4. The highest BCUT2D eigenvalue weighted by Crippen LogP contribution is 2.36. The predicted octanol–water partition coefficient (Wildman–Crippen LogP) is 6.91. The molecule has 0 aliphatic carbocycles. The van der Waals surface area contributed by atoms with Crippen LogP contribution in [0.4, 0.5) is 9.59 Å². The van der Waals surface area contributed by atoms with Gasteiger partial charge in [0.05, 0.1) is 56.6 Å². The molecule has 0 unspecified atom stereocenters. The number of benzene rings is 2. The fourth-order valence-electron chi connectivity index (χ4n) is 7.58. The minimum Gasteiger partial charge on any atom is -0.453 e. The first-order chi connectivity index (χ1) is 26.6. The van der Waals surface area contributed by atoms with Crippen molar-refractivity contribution in [1.29, 1.82) is 0 Å². The lowest BCUT2D eigenvalue weighted by Crippen LogP contribution is -2.51. The number of alkyl carbamates (subject to hydrolysis) is 1. The van der Waals surface area contributed by atoms with Crippen molar-refractivity contribution in [3.8, 4) is 33.6 Å². The van der Waals surface area contributed by atoms with Gasteiger partial charge in [0.2, 0.25) is 5.91 Å². The molecule has 2 saturated heterocycles. The van der Waals surface area contributed by atoms with Gasteiger partial charge in [-0.15, -0.1) is 0 Å². The highest BCUT2D eigenvalue weighted by molar-refractivity contribution is 7.59. The maximum absolute atomic E-state index is 13.8. The molecule has 2 aromatic heterocycles. The molecule has 4 aromatic rings. The molecule has 316 valence electrons. The molecule has 5 heterocycles. The van der Waals surface area contributed by atoms with E-state index < -0.39 is 17.7 Å². The number of likely N-dealkylation sites (tertiary alicyclic amines) is 1. The number of H-pyrrole nitrogens is 2. The van der Waals surface area contributed by atoms with Crippen LogP contribution < -0.4 is 5.32 Å². The van der Waals surface area contributed by atoms with Crippen molar-refractivity contribution < 1.29 is 33.3 Å². The highest BCUT2D eigenvalue weighted by Gasteiger charge is 2.38. The molecule has 3 atom stereocenters. The number of hydrogen-bond acceptors (Lipinski definition) is 9. The van der Waals surface area contributed by atoms with Crippen molar-refractivity contribution in [2.24, 2.45) is 0 Å². The van der Waals surface area contributed by atoms with Gasteiger partial charge in [-0.1, -0.05) is 48.5 Å². The van der Waals surface area contributed by atoms with Gasteiger partial charge in [0.1, 0.15) is 23.3 Å². The van der Waals surface area contributed by atoms with E-state index in [0.717, 1.165) is 89.5 Å². The lowest BCUT2D eigenvalue weighted by molar-refractivity contribution is -0.136. The Balaban J connectivity index is 0.00000248. The van der Waals surface area contributed by atoms with Crippen LogP contribution >= 0.6 is 40.5 Å². The number of rotatable bonds is 5. The van der Waals surface area contributed by atoms with Crippen molar-refractivity contribution >= 4 is 58.6 Å². The van der Waals surface area contributed by atoms with E-state index in [1.807, 2.05) is 27.0 Å². The van der Waals surface area contributed by atoms with Gasteiger partial charge in [-0.25, -0.2) is 19.6 Å². The molecular weight excluding hydrogens is 799 g/mol. The number of nitrogens with one attached hydrogen (secondary N) is 3. The van der Waals surface area contributed by atoms with Crippen molar-refractivity contribution in [2.75, 3.05) is 46.6 Å². The summed E-state index contributed by atoms with van der Waals surface area (Å²) in [5.74, 6) is 1.27. The second-order valence-electron chi connectivity index (χ2n) is 15.3. The van der Waals surface area contributed by atoms with Crippen LogP contribution in [0.1, 0.15) is 82.3 Å². The minimum atomic E-state index is -0.889. The first-order valence-electron chi connectivity index (χ1n) is 19.2. The largest absolute Gasteiger partial charge is 0.453 e. The SMILES string of the molecule is COC(=O)N[C@H]1COCCOCCCc2[nH]c(nc2-c2ccc(-c3ccc(-c4cnc([C@@H]5CCCN5C(=O)OC(C)(C)C)[nH]4)cc3)cc2)[C@@H]2CCCN2C1=O.S.S.S. The predicted molar refractivity (Wildman–Crippen MR) is 236 cm³/mol. The number of aromatic nitrogens is 4. The molecule has 3 amide bonds. The molecule has 14 nitrogen and oxygen atoms in total. The van der Waals surface area contributed by atoms with E-state index in [4.69, 9.17) is 23.9 Å². The zero-order chi connectivity index (χ0) is 38.5. The van der Waals surface area contributed by atoms with Crippen LogP contribution in [0.15, 0.2) is 54.7 Å². The average Bonchev–Trinajstić information content (AvgIpc) is 4.00. The Kier molecular flexibility index (Phi) is 16.6. The van der Waals surface area contributed by atoms with Crippen LogP contribution in [-0.4, -0.2) is 106 Å². The summed E-state index contributed by atoms with van der Waals surface area (Å²) in [5, 5.41) is 2.64. The third-order valence-corrected chi connectivity index (χ3v) is 10.3. The molecule has 7 rings (SSSR count). The van der Waals surface area contributed by atoms with E-state index >= 15 is 0 Å². The molecule has 0 spiro atoms. The fraction of sp³-hybridized carbons (Fsp3) is 0.488. The number of ether oxygens (including phenoxy) is 4. The van der Waals surface area contributed by atoms with Gasteiger partial charge in [-0.2, -0.15) is 40.5 Å². The Morgan fingerprint density at radius 1 is 0.810 bits per heavy atom. The number of carbonyl (C=O) groups excluding carboxylic acids is 3. The molecule has 3 aliphatic heterocycles. The van der Waals surface area contributed by atoms with Crippen molar-refractivity contribution in [2.45, 2.75) is 83.0 Å². The summed E-state index contributed by atoms with van der Waals surface area (Å²) in [6, 6.07) is 15.4. The number of amides is 3. The monoisotopic (exact) mass is 855 g/mol. The zero-order valence-corrected chi connectivity index (χ0v) is 36.6. The van der Waals surface area contributed by atoms with Crippen LogP contribution in [0.2, 0.25) is 0 Å². The summed E-state index contributed by atoms with van der Waals surface area (Å²) in [6.45, 7) is 8.10. The first-order valence-corrected chi connectivity index (χ1v) is 19.2. The molecule has 58 heavy (non-hydrogen) atoms. The molecular formula is C41H57N7O7S3. The van der Waals surface area contributed by atoms with Gasteiger partial charge in [-0.3, -0.25) is 9.69 Å². The van der Waals surface area contributed by atoms with Crippen molar-refractivity contribution in [3.05, 3.63) is 72.1 Å². The van der Waals surface area contributed by atoms with Gasteiger partial charge in [-0.05, 0) is 76.0 Å². The van der Waals surface area contributed by atoms with E-state index in [2.05, 4.69) is 68.8 Å². The topological polar surface area (TPSA) is 164 Å². The van der Waals surface area contributed by atoms with Gasteiger partial charge in [0.15, 0.2) is 0 Å². The highest BCUT2D eigenvalue weighted by atomic mass is 32.1. The maximum atomic E-state index is 13.8. The van der Waals surface area contributed by atoms with E-state index in [0.29, 0.717) is 32.9 Å². The number of hydrogen-bond donors (Lipinski definition) is 3. The third kappa shape index (κ3) is 10.9. The lowest BCUT2D eigenvalue weighted by atomic mass is 10.00. The summed E-state index contributed by atoms with van der Waals surface area (Å²) in [7, 11) is 1.27. The molecule has 2 bridgehead atoms. The Morgan fingerprint density at radius 3 is 2.14 bits per heavy atom. The number of aryl methyl sites for hydroxylation is 1. The quantitative estimate of drug-likeness (QED) is 0.194. The Hall–Kier alpha value is -4.16. The summed E-state index contributed by atoms with van der Waals surface area (Å²) < 4.78 is 22.0. The number of carbonyl (C=O) groups is 3. The standard InChI is InChI=1S/C41H51N7O7.3H2S/c1-41(2,3)55-40(51)48-20-6-9-33(48)36-42-24-31(44-36)28-15-11-26(12-16-28)27-13-17-29(18-14-27)35-30-8-7-21-53-22-23-54-25-32(45-39(50)52-4)38(49)47-19-5-10-34(47)37(43-30)46-35;;;/h11-18,24,32-34H,5-10,19-23,25H2,1-4H3,(H,42,44)(H,43,46)(H,45,50);3*1H2/t32-,33-,34-;;;/m0.../s1. The lowest BCUT2D eigenvalue weighted by Gasteiger charge is -2.28. The number of methoxy groups -OCH3 is 1. The second kappa shape index (κ2) is 20.7. The fourth-order valence-corrected chi connectivity index (χ4v) is 7.58.